The summed E-state index contributed by atoms with van der Waals surface area (Å²) in [4.78, 5) is 25.7. The molecule has 0 spiro atoms. The molecule has 4 aliphatic rings. The molecule has 1 aromatic rings. The number of hydrogen-bond donors (Lipinski definition) is 1. The summed E-state index contributed by atoms with van der Waals surface area (Å²) >= 11 is 0. The zero-order valence-corrected chi connectivity index (χ0v) is 24.3. The predicted octanol–water partition coefficient (Wildman–Crippen LogP) is 7.48. The van der Waals surface area contributed by atoms with Crippen molar-refractivity contribution in [3.63, 3.8) is 0 Å². The molecule has 5 rings (SSSR count). The number of aldehydes is 1. The SMILES string of the molecule is CC(C)CCC[C@@H](C)[C@H]1CC[C@H]2[C@@H]3[C@@H](C=O)[C@]4(O)C[C@@H](OC(=O)c5ccccc5)CC[C@]4(C)[C@H]3CC[C@]12C. The first-order valence-electron chi connectivity index (χ1n) is 15.5. The normalized spacial score (nSPS) is 42.7. The highest BCUT2D eigenvalue weighted by molar-refractivity contribution is 5.89. The Kier molecular flexibility index (Phi) is 7.61. The van der Waals surface area contributed by atoms with Crippen molar-refractivity contribution in [2.75, 3.05) is 0 Å². The molecular formula is C34H50O4. The fraction of sp³-hybridized carbons (Fsp3) is 0.765. The second-order valence-corrected chi connectivity index (χ2v) is 14.5. The fourth-order valence-corrected chi connectivity index (χ4v) is 10.3. The van der Waals surface area contributed by atoms with Gasteiger partial charge >= 0.3 is 5.97 Å². The van der Waals surface area contributed by atoms with E-state index >= 15 is 0 Å². The van der Waals surface area contributed by atoms with E-state index < -0.39 is 5.60 Å². The quantitative estimate of drug-likeness (QED) is 0.284. The van der Waals surface area contributed by atoms with Crippen molar-refractivity contribution in [3.8, 4) is 0 Å². The summed E-state index contributed by atoms with van der Waals surface area (Å²) in [5.41, 5.74) is -0.633. The van der Waals surface area contributed by atoms with Gasteiger partial charge in [0, 0.05) is 17.8 Å². The summed E-state index contributed by atoms with van der Waals surface area (Å²) in [5.74, 6) is 2.55. The van der Waals surface area contributed by atoms with Gasteiger partial charge in [0.1, 0.15) is 12.4 Å². The third-order valence-corrected chi connectivity index (χ3v) is 12.3. The number of hydrogen-bond acceptors (Lipinski definition) is 4. The van der Waals surface area contributed by atoms with E-state index in [1.807, 2.05) is 18.2 Å². The van der Waals surface area contributed by atoms with E-state index in [4.69, 9.17) is 4.74 Å². The standard InChI is InChI=1S/C34H50O4/c1-22(2)10-9-11-23(3)26-14-15-27-30-28(17-18-32(26,27)4)33(5)19-16-25(20-34(33,37)29(30)21-35)38-31(36)24-12-7-6-8-13-24/h6-8,12-13,21-23,25-30,37H,9-11,14-20H2,1-5H3/t23-,25+,26-,27+,28+,29-,30+,32-,33-,34-/m1/s1. The highest BCUT2D eigenvalue weighted by atomic mass is 16.5. The summed E-state index contributed by atoms with van der Waals surface area (Å²) in [7, 11) is 0. The lowest BCUT2D eigenvalue weighted by Gasteiger charge is -2.52. The fourth-order valence-electron chi connectivity index (χ4n) is 10.3. The van der Waals surface area contributed by atoms with Crippen molar-refractivity contribution in [3.05, 3.63) is 35.9 Å². The maximum atomic E-state index is 12.9. The van der Waals surface area contributed by atoms with Crippen LogP contribution in [0, 0.1) is 52.3 Å². The summed E-state index contributed by atoms with van der Waals surface area (Å²) < 4.78 is 5.94. The zero-order chi connectivity index (χ0) is 27.3. The molecule has 0 radical (unpaired) electrons. The van der Waals surface area contributed by atoms with Crippen LogP contribution in [0.2, 0.25) is 0 Å². The van der Waals surface area contributed by atoms with Gasteiger partial charge in [-0.1, -0.05) is 72.1 Å². The molecule has 1 aromatic carbocycles. The molecule has 0 unspecified atom stereocenters. The highest BCUT2D eigenvalue weighted by Crippen LogP contribution is 2.73. The van der Waals surface area contributed by atoms with Gasteiger partial charge in [0.15, 0.2) is 0 Å². The zero-order valence-electron chi connectivity index (χ0n) is 24.3. The first kappa shape index (κ1) is 27.9. The minimum Gasteiger partial charge on any atom is -0.459 e. The number of aliphatic hydroxyl groups is 1. The molecule has 0 heterocycles. The summed E-state index contributed by atoms with van der Waals surface area (Å²) in [6, 6.07) is 9.09. The molecule has 4 fully saturated rings. The number of fused-ring (bicyclic) bond motifs is 5. The maximum absolute atomic E-state index is 12.9. The predicted molar refractivity (Wildman–Crippen MR) is 150 cm³/mol. The van der Waals surface area contributed by atoms with Gasteiger partial charge in [-0.25, -0.2) is 4.79 Å². The van der Waals surface area contributed by atoms with E-state index in [0.717, 1.165) is 31.5 Å². The van der Waals surface area contributed by atoms with Crippen molar-refractivity contribution in [2.24, 2.45) is 52.3 Å². The van der Waals surface area contributed by atoms with Crippen LogP contribution in [0.15, 0.2) is 30.3 Å². The minimum absolute atomic E-state index is 0.234. The Labute approximate surface area is 230 Å². The van der Waals surface area contributed by atoms with Gasteiger partial charge < -0.3 is 14.6 Å². The average Bonchev–Trinajstić information content (AvgIpc) is 3.33. The first-order chi connectivity index (χ1) is 18.0. The lowest BCUT2D eigenvalue weighted by atomic mass is 9.53. The third-order valence-electron chi connectivity index (χ3n) is 12.3. The molecular weight excluding hydrogens is 472 g/mol. The molecule has 4 nitrogen and oxygen atoms in total. The van der Waals surface area contributed by atoms with Crippen LogP contribution in [0.3, 0.4) is 0 Å². The largest absolute Gasteiger partial charge is 0.459 e. The minimum atomic E-state index is -1.11. The van der Waals surface area contributed by atoms with Gasteiger partial charge in [-0.05, 0) is 91.6 Å². The van der Waals surface area contributed by atoms with Crippen molar-refractivity contribution in [2.45, 2.75) is 111 Å². The Morgan fingerprint density at radius 3 is 2.45 bits per heavy atom. The summed E-state index contributed by atoms with van der Waals surface area (Å²) in [6.45, 7) is 11.9. The molecule has 10 atom stereocenters. The van der Waals surface area contributed by atoms with E-state index in [-0.39, 0.29) is 34.7 Å². The maximum Gasteiger partial charge on any atom is 0.338 e. The Morgan fingerprint density at radius 2 is 1.76 bits per heavy atom. The van der Waals surface area contributed by atoms with E-state index in [0.29, 0.717) is 35.7 Å². The van der Waals surface area contributed by atoms with Gasteiger partial charge in [-0.2, -0.15) is 0 Å². The first-order valence-corrected chi connectivity index (χ1v) is 15.5. The molecule has 4 saturated carbocycles. The van der Waals surface area contributed by atoms with Crippen molar-refractivity contribution >= 4 is 12.3 Å². The van der Waals surface area contributed by atoms with E-state index in [1.165, 1.54) is 38.5 Å². The Bertz CT molecular complexity index is 1000. The lowest BCUT2D eigenvalue weighted by molar-refractivity contribution is -0.157. The number of benzene rings is 1. The monoisotopic (exact) mass is 522 g/mol. The topological polar surface area (TPSA) is 63.6 Å². The molecule has 0 aromatic heterocycles. The molecule has 210 valence electrons. The van der Waals surface area contributed by atoms with Crippen molar-refractivity contribution in [1.29, 1.82) is 0 Å². The molecule has 1 N–H and O–H groups in total. The van der Waals surface area contributed by atoms with Gasteiger partial charge in [0.05, 0.1) is 11.2 Å². The molecule has 0 saturated heterocycles. The van der Waals surface area contributed by atoms with Crippen LogP contribution < -0.4 is 0 Å². The number of carbonyl (C=O) groups is 2. The number of carbonyl (C=O) groups excluding carboxylic acids is 2. The smallest absolute Gasteiger partial charge is 0.338 e. The van der Waals surface area contributed by atoms with Crippen LogP contribution in [-0.2, 0) is 9.53 Å². The van der Waals surface area contributed by atoms with Crippen molar-refractivity contribution < 1.29 is 19.4 Å². The Hall–Kier alpha value is -1.68. The second-order valence-electron chi connectivity index (χ2n) is 14.5. The molecule has 38 heavy (non-hydrogen) atoms. The van der Waals surface area contributed by atoms with E-state index in [2.05, 4.69) is 34.6 Å². The average molecular weight is 523 g/mol. The number of ether oxygens (including phenoxy) is 1. The van der Waals surface area contributed by atoms with Crippen LogP contribution in [0.25, 0.3) is 0 Å². The van der Waals surface area contributed by atoms with Crippen LogP contribution in [0.5, 0.6) is 0 Å². The van der Waals surface area contributed by atoms with E-state index in [9.17, 15) is 14.7 Å². The van der Waals surface area contributed by atoms with Gasteiger partial charge in [-0.15, -0.1) is 0 Å². The third kappa shape index (κ3) is 4.38. The number of rotatable bonds is 8. The second kappa shape index (κ2) is 10.4. The van der Waals surface area contributed by atoms with Crippen LogP contribution in [-0.4, -0.2) is 29.1 Å². The molecule has 4 heteroatoms. The number of esters is 1. The van der Waals surface area contributed by atoms with Gasteiger partial charge in [0.2, 0.25) is 0 Å². The van der Waals surface area contributed by atoms with Crippen LogP contribution in [0.1, 0.15) is 109 Å². The highest BCUT2D eigenvalue weighted by Gasteiger charge is 2.72. The Balaban J connectivity index is 1.35. The Morgan fingerprint density at radius 1 is 1.03 bits per heavy atom. The van der Waals surface area contributed by atoms with Gasteiger partial charge in [-0.3, -0.25) is 0 Å². The van der Waals surface area contributed by atoms with Gasteiger partial charge in [0.25, 0.3) is 0 Å². The van der Waals surface area contributed by atoms with Crippen LogP contribution >= 0.6 is 0 Å². The molecule has 4 aliphatic carbocycles. The molecule has 0 bridgehead atoms. The van der Waals surface area contributed by atoms with Crippen molar-refractivity contribution in [1.82, 2.24) is 0 Å². The summed E-state index contributed by atoms with van der Waals surface area (Å²) in [6.07, 6.45) is 11.3. The van der Waals surface area contributed by atoms with Crippen LogP contribution in [0.4, 0.5) is 0 Å². The lowest BCUT2D eigenvalue weighted by Crippen LogP contribution is -2.55. The summed E-state index contributed by atoms with van der Waals surface area (Å²) in [5, 5.41) is 12.4. The molecule has 0 amide bonds. The molecule has 0 aliphatic heterocycles. The van der Waals surface area contributed by atoms with E-state index in [1.54, 1.807) is 12.1 Å².